The van der Waals surface area contributed by atoms with Crippen LogP contribution < -0.4 is 5.73 Å². The molecule has 0 unspecified atom stereocenters. The van der Waals surface area contributed by atoms with Gasteiger partial charge in [0.25, 0.3) is 0 Å². The lowest BCUT2D eigenvalue weighted by atomic mass is 9.80. The third-order valence-corrected chi connectivity index (χ3v) is 8.15. The lowest BCUT2D eigenvalue weighted by Gasteiger charge is -2.30. The molecule has 7 nitrogen and oxygen atoms in total. The summed E-state index contributed by atoms with van der Waals surface area (Å²) < 4.78 is 5.68. The van der Waals surface area contributed by atoms with Crippen LogP contribution in [-0.4, -0.2) is 34.4 Å². The van der Waals surface area contributed by atoms with Crippen molar-refractivity contribution in [1.29, 1.82) is 5.26 Å². The van der Waals surface area contributed by atoms with Crippen LogP contribution >= 0.6 is 34.7 Å². The lowest BCUT2D eigenvalue weighted by Crippen LogP contribution is -2.23. The number of aromatic nitrogens is 2. The number of hydrogen-bond donors (Lipinski definition) is 2. The first kappa shape index (κ1) is 25.4. The van der Waals surface area contributed by atoms with Gasteiger partial charge in [0.15, 0.2) is 0 Å². The lowest BCUT2D eigenvalue weighted by molar-refractivity contribution is 0.00582. The van der Waals surface area contributed by atoms with E-state index in [9.17, 15) is 5.26 Å². The zero-order chi connectivity index (χ0) is 24.8. The van der Waals surface area contributed by atoms with E-state index in [-0.39, 0.29) is 30.1 Å². The van der Waals surface area contributed by atoms with E-state index >= 15 is 0 Å². The Balaban J connectivity index is 1.54. The molecule has 3 aromatic rings. The average molecular weight is 526 g/mol. The number of halogens is 1. The van der Waals surface area contributed by atoms with Gasteiger partial charge in [-0.15, -0.1) is 11.3 Å². The standard InChI is InChI=1S/C25H24ClN5O2S2/c1-29-22-21(15-4-8-19(9-5-15)33-11-10-32)20(12-27)25(31-23(22)28)35-14-18-13-34-24(30-18)16-2-6-17(26)7-3-16/h2-3,6-7,13,15,19,32H,4-5,8-11,14H2,(H2,28,31). The third kappa shape index (κ3) is 5.95. The van der Waals surface area contributed by atoms with Crippen molar-refractivity contribution in [2.24, 2.45) is 0 Å². The summed E-state index contributed by atoms with van der Waals surface area (Å²) in [5.74, 6) is 0.738. The first-order chi connectivity index (χ1) is 17.0. The molecule has 0 amide bonds. The number of nitrogens with zero attached hydrogens (tertiary/aromatic N) is 4. The zero-order valence-electron chi connectivity index (χ0n) is 18.9. The van der Waals surface area contributed by atoms with Gasteiger partial charge in [-0.2, -0.15) is 5.26 Å². The molecule has 0 atom stereocenters. The van der Waals surface area contributed by atoms with Crippen LogP contribution in [0.1, 0.15) is 48.4 Å². The Morgan fingerprint density at radius 1 is 1.26 bits per heavy atom. The summed E-state index contributed by atoms with van der Waals surface area (Å²) in [7, 11) is 0. The van der Waals surface area contributed by atoms with Crippen molar-refractivity contribution in [2.45, 2.75) is 48.5 Å². The van der Waals surface area contributed by atoms with Crippen LogP contribution in [0, 0.1) is 17.9 Å². The van der Waals surface area contributed by atoms with Crippen LogP contribution in [0.3, 0.4) is 0 Å². The molecule has 1 aromatic carbocycles. The number of pyridine rings is 1. The second-order valence-electron chi connectivity index (χ2n) is 8.17. The van der Waals surface area contributed by atoms with Gasteiger partial charge in [0.2, 0.25) is 5.69 Å². The van der Waals surface area contributed by atoms with Crippen molar-refractivity contribution in [3.8, 4) is 16.6 Å². The highest BCUT2D eigenvalue weighted by atomic mass is 35.5. The highest BCUT2D eigenvalue weighted by Crippen LogP contribution is 2.45. The van der Waals surface area contributed by atoms with Gasteiger partial charge in [0.1, 0.15) is 21.9 Å². The quantitative estimate of drug-likeness (QED) is 0.266. The summed E-state index contributed by atoms with van der Waals surface area (Å²) in [6, 6.07) is 9.86. The molecule has 1 fully saturated rings. The fraction of sp³-hybridized carbons (Fsp3) is 0.360. The monoisotopic (exact) mass is 525 g/mol. The maximum Gasteiger partial charge on any atom is 0.232 e. The van der Waals surface area contributed by atoms with E-state index in [1.165, 1.54) is 11.8 Å². The summed E-state index contributed by atoms with van der Waals surface area (Å²) >= 11 is 8.95. The van der Waals surface area contributed by atoms with Crippen LogP contribution in [0.15, 0.2) is 34.7 Å². The van der Waals surface area contributed by atoms with Gasteiger partial charge in [0, 0.05) is 21.7 Å². The molecular weight excluding hydrogens is 502 g/mol. The summed E-state index contributed by atoms with van der Waals surface area (Å²) in [4.78, 5) is 12.8. The third-order valence-electron chi connectivity index (χ3n) is 5.95. The molecule has 2 aromatic heterocycles. The number of ether oxygens (including phenoxy) is 1. The van der Waals surface area contributed by atoms with E-state index < -0.39 is 0 Å². The van der Waals surface area contributed by atoms with Crippen LogP contribution in [0.5, 0.6) is 0 Å². The normalized spacial score (nSPS) is 17.6. The van der Waals surface area contributed by atoms with Gasteiger partial charge in [0.05, 0.1) is 37.1 Å². The fourth-order valence-electron chi connectivity index (χ4n) is 4.30. The molecular formula is C25H24ClN5O2S2. The molecule has 1 aliphatic carbocycles. The molecule has 35 heavy (non-hydrogen) atoms. The number of nitriles is 1. The summed E-state index contributed by atoms with van der Waals surface area (Å²) in [5, 5.41) is 23.2. The number of thiazole rings is 1. The maximum atomic E-state index is 10.1. The number of thioether (sulfide) groups is 1. The minimum absolute atomic E-state index is 0.00202. The van der Waals surface area contributed by atoms with Crippen molar-refractivity contribution in [1.82, 2.24) is 9.97 Å². The van der Waals surface area contributed by atoms with Crippen LogP contribution in [-0.2, 0) is 10.5 Å². The molecule has 0 radical (unpaired) electrons. The number of anilines is 1. The van der Waals surface area contributed by atoms with Crippen LogP contribution in [0.2, 0.25) is 5.02 Å². The predicted octanol–water partition coefficient (Wildman–Crippen LogP) is 6.19. The minimum Gasteiger partial charge on any atom is -0.394 e. The van der Waals surface area contributed by atoms with E-state index in [1.54, 1.807) is 11.3 Å². The number of aliphatic hydroxyl groups is 1. The predicted molar refractivity (Wildman–Crippen MR) is 140 cm³/mol. The molecule has 10 heteroatoms. The molecule has 1 aliphatic rings. The van der Waals surface area contributed by atoms with Gasteiger partial charge < -0.3 is 15.6 Å². The molecule has 180 valence electrons. The van der Waals surface area contributed by atoms with Crippen LogP contribution in [0.4, 0.5) is 11.5 Å². The average Bonchev–Trinajstić information content (AvgIpc) is 3.35. The SMILES string of the molecule is [C-]#[N+]c1c(N)nc(SCc2csc(-c3ccc(Cl)cc3)n2)c(C#N)c1C1CCC(OCCO)CC1. The summed E-state index contributed by atoms with van der Waals surface area (Å²) in [6.45, 7) is 8.00. The van der Waals surface area contributed by atoms with Gasteiger partial charge in [-0.3, -0.25) is 0 Å². The molecule has 0 saturated heterocycles. The molecule has 0 aliphatic heterocycles. The van der Waals surface area contributed by atoms with E-state index in [4.69, 9.17) is 38.7 Å². The van der Waals surface area contributed by atoms with Crippen molar-refractivity contribution < 1.29 is 9.84 Å². The molecule has 3 N–H and O–H groups in total. The minimum atomic E-state index is 0.00202. The Hall–Kier alpha value is -2.66. The van der Waals surface area contributed by atoms with Gasteiger partial charge in [-0.05, 0) is 49.3 Å². The van der Waals surface area contributed by atoms with Crippen LogP contribution in [0.25, 0.3) is 15.4 Å². The first-order valence-corrected chi connectivity index (χ1v) is 13.4. The Bertz CT molecular complexity index is 1260. The summed E-state index contributed by atoms with van der Waals surface area (Å²) in [6.07, 6.45) is 3.29. The van der Waals surface area contributed by atoms with Crippen molar-refractivity contribution in [2.75, 3.05) is 18.9 Å². The smallest absolute Gasteiger partial charge is 0.232 e. The van der Waals surface area contributed by atoms with Gasteiger partial charge in [-0.1, -0.05) is 35.5 Å². The topological polar surface area (TPSA) is 109 Å². The maximum absolute atomic E-state index is 10.1. The molecule has 2 heterocycles. The fourth-order valence-corrected chi connectivity index (χ4v) is 6.25. The second-order valence-corrected chi connectivity index (χ2v) is 10.4. The number of benzene rings is 1. The Morgan fingerprint density at radius 2 is 2.00 bits per heavy atom. The van der Waals surface area contributed by atoms with Gasteiger partial charge in [-0.25, -0.2) is 14.8 Å². The molecule has 0 spiro atoms. The van der Waals surface area contributed by atoms with Crippen molar-refractivity contribution in [3.05, 3.63) is 62.9 Å². The number of rotatable bonds is 8. The van der Waals surface area contributed by atoms with Crippen molar-refractivity contribution in [3.63, 3.8) is 0 Å². The number of nitrogens with two attached hydrogens (primary N) is 1. The Labute approximate surface area is 217 Å². The number of nitrogen functional groups attached to an aromatic ring is 1. The zero-order valence-corrected chi connectivity index (χ0v) is 21.3. The highest BCUT2D eigenvalue weighted by Gasteiger charge is 2.30. The van der Waals surface area contributed by atoms with E-state index in [1.807, 2.05) is 29.6 Å². The highest BCUT2D eigenvalue weighted by molar-refractivity contribution is 7.98. The Kier molecular flexibility index (Phi) is 8.61. The van der Waals surface area contributed by atoms with E-state index in [2.05, 4.69) is 15.9 Å². The van der Waals surface area contributed by atoms with Crippen molar-refractivity contribution >= 4 is 46.2 Å². The Morgan fingerprint density at radius 3 is 2.66 bits per heavy atom. The number of aliphatic hydroxyl groups excluding tert-OH is 1. The van der Waals surface area contributed by atoms with E-state index in [0.29, 0.717) is 33.5 Å². The number of hydrogen-bond acceptors (Lipinski definition) is 8. The van der Waals surface area contributed by atoms with Gasteiger partial charge >= 0.3 is 0 Å². The summed E-state index contributed by atoms with van der Waals surface area (Å²) in [5.41, 5.74) is 9.49. The largest absolute Gasteiger partial charge is 0.394 e. The molecule has 4 rings (SSSR count). The first-order valence-electron chi connectivity index (χ1n) is 11.2. The van der Waals surface area contributed by atoms with E-state index in [0.717, 1.165) is 41.9 Å². The molecule has 0 bridgehead atoms. The second kappa shape index (κ2) is 11.9. The molecule has 1 saturated carbocycles.